The summed E-state index contributed by atoms with van der Waals surface area (Å²) in [6.07, 6.45) is 3.33. The highest BCUT2D eigenvalue weighted by Crippen LogP contribution is 2.29. The van der Waals surface area contributed by atoms with E-state index in [9.17, 15) is 4.79 Å². The van der Waals surface area contributed by atoms with Crippen LogP contribution in [0.4, 0.5) is 11.6 Å². The third-order valence-electron chi connectivity index (χ3n) is 5.27. The summed E-state index contributed by atoms with van der Waals surface area (Å²) in [5, 5.41) is 15.2. The molecule has 4 rings (SSSR count). The number of nitrogens with zero attached hydrogens (tertiary/aromatic N) is 3. The first-order chi connectivity index (χ1) is 16.1. The number of hydrogen-bond acceptors (Lipinski definition) is 8. The normalized spacial score (nSPS) is 12.9. The molecule has 1 aromatic heterocycles. The van der Waals surface area contributed by atoms with Crippen molar-refractivity contribution in [1.29, 1.82) is 5.26 Å². The van der Waals surface area contributed by atoms with Crippen LogP contribution in [-0.2, 0) is 4.74 Å². The number of nitrogens with one attached hydrogen (secondary N) is 2. The van der Waals surface area contributed by atoms with Gasteiger partial charge in [0.1, 0.15) is 17.6 Å². The average molecular weight is 445 g/mol. The SMILES string of the molecule is COc1cc(-c2cnc(Nc3cc(C(=O)NCC4COC4)ccc3OC)nc2)ccc1C#N. The monoisotopic (exact) mass is 445 g/mol. The third-order valence-corrected chi connectivity index (χ3v) is 5.27. The van der Waals surface area contributed by atoms with Gasteiger partial charge >= 0.3 is 0 Å². The second-order valence-electron chi connectivity index (χ2n) is 7.48. The molecule has 0 spiro atoms. The summed E-state index contributed by atoms with van der Waals surface area (Å²) in [6.45, 7) is 1.94. The minimum atomic E-state index is -0.168. The minimum absolute atomic E-state index is 0.168. The first kappa shape index (κ1) is 22.0. The first-order valence-electron chi connectivity index (χ1n) is 10.3. The van der Waals surface area contributed by atoms with Gasteiger partial charge in [-0.2, -0.15) is 5.26 Å². The molecule has 1 amide bonds. The van der Waals surface area contributed by atoms with Gasteiger partial charge in [-0.15, -0.1) is 0 Å². The van der Waals surface area contributed by atoms with Crippen LogP contribution < -0.4 is 20.1 Å². The van der Waals surface area contributed by atoms with Crippen LogP contribution >= 0.6 is 0 Å². The maximum atomic E-state index is 12.5. The Morgan fingerprint density at radius 1 is 1.09 bits per heavy atom. The fourth-order valence-electron chi connectivity index (χ4n) is 3.31. The molecule has 9 heteroatoms. The van der Waals surface area contributed by atoms with E-state index >= 15 is 0 Å². The lowest BCUT2D eigenvalue weighted by Gasteiger charge is -2.25. The Labute approximate surface area is 191 Å². The van der Waals surface area contributed by atoms with E-state index < -0.39 is 0 Å². The Kier molecular flexibility index (Phi) is 6.66. The van der Waals surface area contributed by atoms with E-state index in [2.05, 4.69) is 26.7 Å². The number of hydrogen-bond donors (Lipinski definition) is 2. The smallest absolute Gasteiger partial charge is 0.251 e. The zero-order valence-corrected chi connectivity index (χ0v) is 18.3. The van der Waals surface area contributed by atoms with Crippen molar-refractivity contribution in [3.05, 3.63) is 59.9 Å². The number of benzene rings is 2. The molecule has 168 valence electrons. The molecule has 0 saturated carbocycles. The lowest BCUT2D eigenvalue weighted by molar-refractivity contribution is -0.0298. The van der Waals surface area contributed by atoms with Gasteiger partial charge in [-0.25, -0.2) is 9.97 Å². The van der Waals surface area contributed by atoms with Crippen LogP contribution in [0.2, 0.25) is 0 Å². The van der Waals surface area contributed by atoms with Gasteiger partial charge in [0, 0.05) is 36.0 Å². The molecular formula is C24H23N5O4. The number of amides is 1. The summed E-state index contributed by atoms with van der Waals surface area (Å²) >= 11 is 0. The highest BCUT2D eigenvalue weighted by atomic mass is 16.5. The zero-order chi connectivity index (χ0) is 23.2. The van der Waals surface area contributed by atoms with E-state index in [1.54, 1.807) is 49.8 Å². The second-order valence-corrected chi connectivity index (χ2v) is 7.48. The standard InChI is InChI=1S/C24H23N5O4/c1-31-21-6-5-17(23(30)26-10-15-13-33-14-15)7-20(21)29-24-27-11-19(12-28-24)16-3-4-18(9-25)22(8-16)32-2/h3-8,11-12,15H,10,13-14H2,1-2H3,(H,26,30)(H,27,28,29). The molecule has 1 aliphatic rings. The second kappa shape index (κ2) is 9.97. The number of carbonyl (C=O) groups is 1. The van der Waals surface area contributed by atoms with Crippen molar-refractivity contribution < 1.29 is 19.0 Å². The molecule has 0 aliphatic carbocycles. The van der Waals surface area contributed by atoms with Crippen molar-refractivity contribution in [2.75, 3.05) is 39.3 Å². The molecule has 2 N–H and O–H groups in total. The molecule has 2 heterocycles. The first-order valence-corrected chi connectivity index (χ1v) is 10.3. The number of anilines is 2. The maximum absolute atomic E-state index is 12.5. The lowest BCUT2D eigenvalue weighted by Crippen LogP contribution is -2.39. The van der Waals surface area contributed by atoms with E-state index in [1.807, 2.05) is 6.07 Å². The van der Waals surface area contributed by atoms with Gasteiger partial charge in [-0.05, 0) is 35.9 Å². The molecule has 3 aromatic rings. The van der Waals surface area contributed by atoms with E-state index in [0.717, 1.165) is 11.1 Å². The largest absolute Gasteiger partial charge is 0.495 e. The molecule has 1 fully saturated rings. The van der Waals surface area contributed by atoms with Crippen LogP contribution in [0.5, 0.6) is 11.5 Å². The number of carbonyl (C=O) groups excluding carboxylic acids is 1. The average Bonchev–Trinajstić information content (AvgIpc) is 2.83. The number of ether oxygens (including phenoxy) is 3. The van der Waals surface area contributed by atoms with Crippen molar-refractivity contribution in [3.63, 3.8) is 0 Å². The minimum Gasteiger partial charge on any atom is -0.495 e. The van der Waals surface area contributed by atoms with Crippen molar-refractivity contribution >= 4 is 17.5 Å². The van der Waals surface area contributed by atoms with Crippen molar-refractivity contribution in [3.8, 4) is 28.7 Å². The van der Waals surface area contributed by atoms with Gasteiger partial charge in [0.05, 0.1) is 38.7 Å². The Morgan fingerprint density at radius 2 is 1.85 bits per heavy atom. The summed E-state index contributed by atoms with van der Waals surface area (Å²) in [5.74, 6) is 1.60. The van der Waals surface area contributed by atoms with Gasteiger partial charge in [-0.3, -0.25) is 4.79 Å². The van der Waals surface area contributed by atoms with Gasteiger partial charge in [-0.1, -0.05) is 6.07 Å². The predicted octanol–water partition coefficient (Wildman–Crippen LogP) is 3.15. The molecule has 2 aromatic carbocycles. The lowest BCUT2D eigenvalue weighted by atomic mass is 10.1. The molecule has 1 aliphatic heterocycles. The van der Waals surface area contributed by atoms with Gasteiger partial charge in [0.2, 0.25) is 5.95 Å². The maximum Gasteiger partial charge on any atom is 0.251 e. The van der Waals surface area contributed by atoms with Crippen molar-refractivity contribution in [2.24, 2.45) is 5.92 Å². The molecule has 33 heavy (non-hydrogen) atoms. The Morgan fingerprint density at radius 3 is 2.48 bits per heavy atom. The number of nitriles is 1. The van der Waals surface area contributed by atoms with E-state index in [4.69, 9.17) is 19.5 Å². The summed E-state index contributed by atoms with van der Waals surface area (Å²) in [4.78, 5) is 21.3. The summed E-state index contributed by atoms with van der Waals surface area (Å²) in [5.41, 5.74) is 3.12. The van der Waals surface area contributed by atoms with Gasteiger partial charge < -0.3 is 24.8 Å². The molecule has 0 bridgehead atoms. The molecule has 0 unspecified atom stereocenters. The molecule has 1 saturated heterocycles. The predicted molar refractivity (Wildman–Crippen MR) is 122 cm³/mol. The molecule has 0 radical (unpaired) electrons. The summed E-state index contributed by atoms with van der Waals surface area (Å²) in [7, 11) is 3.08. The Hall–Kier alpha value is -4.16. The molecular weight excluding hydrogens is 422 g/mol. The van der Waals surface area contributed by atoms with E-state index in [-0.39, 0.29) is 5.91 Å². The number of aromatic nitrogens is 2. The van der Waals surface area contributed by atoms with Crippen molar-refractivity contribution in [2.45, 2.75) is 0 Å². The third kappa shape index (κ3) is 5.02. The van der Waals surface area contributed by atoms with Crippen LogP contribution in [0.1, 0.15) is 15.9 Å². The Balaban J connectivity index is 1.50. The van der Waals surface area contributed by atoms with Crippen LogP contribution in [0.3, 0.4) is 0 Å². The summed E-state index contributed by atoms with van der Waals surface area (Å²) < 4.78 is 15.8. The van der Waals surface area contributed by atoms with Crippen LogP contribution in [-0.4, -0.2) is 49.9 Å². The highest BCUT2D eigenvalue weighted by molar-refractivity contribution is 5.95. The van der Waals surface area contributed by atoms with Crippen LogP contribution in [0.25, 0.3) is 11.1 Å². The highest BCUT2D eigenvalue weighted by Gasteiger charge is 2.19. The quantitative estimate of drug-likeness (QED) is 0.543. The Bertz CT molecular complexity index is 1190. The zero-order valence-electron chi connectivity index (χ0n) is 18.3. The topological polar surface area (TPSA) is 118 Å². The summed E-state index contributed by atoms with van der Waals surface area (Å²) in [6, 6.07) is 12.5. The number of methoxy groups -OCH3 is 2. The van der Waals surface area contributed by atoms with E-state index in [1.165, 1.54) is 7.11 Å². The van der Waals surface area contributed by atoms with Crippen LogP contribution in [0, 0.1) is 17.2 Å². The van der Waals surface area contributed by atoms with Crippen LogP contribution in [0.15, 0.2) is 48.8 Å². The molecule has 0 atom stereocenters. The molecule has 9 nitrogen and oxygen atoms in total. The van der Waals surface area contributed by atoms with Crippen molar-refractivity contribution in [1.82, 2.24) is 15.3 Å². The number of rotatable bonds is 8. The fraction of sp³-hybridized carbons (Fsp3) is 0.250. The van der Waals surface area contributed by atoms with Gasteiger partial charge in [0.25, 0.3) is 5.91 Å². The fourth-order valence-corrected chi connectivity index (χ4v) is 3.31. The van der Waals surface area contributed by atoms with E-state index in [0.29, 0.717) is 59.9 Å². The van der Waals surface area contributed by atoms with Gasteiger partial charge in [0.15, 0.2) is 0 Å².